The van der Waals surface area contributed by atoms with Crippen molar-refractivity contribution in [3.05, 3.63) is 53.1 Å². The first-order valence-electron chi connectivity index (χ1n) is 9.36. The Balaban J connectivity index is 2.54. The highest BCUT2D eigenvalue weighted by Gasteiger charge is 2.24. The molecule has 1 amide bonds. The topological polar surface area (TPSA) is 137 Å². The molecule has 2 aromatic carbocycles. The van der Waals surface area contributed by atoms with E-state index in [4.69, 9.17) is 4.74 Å². The normalized spacial score (nSPS) is 10.9. The highest BCUT2D eigenvalue weighted by atomic mass is 32.2. The van der Waals surface area contributed by atoms with Crippen molar-refractivity contribution < 1.29 is 37.0 Å². The monoisotopic (exact) mass is 464 g/mol. The van der Waals surface area contributed by atoms with Gasteiger partial charge >= 0.3 is 11.9 Å². The molecule has 0 atom stereocenters. The molecular formula is C21H24N2O8S. The molecule has 172 valence electrons. The number of hydrogen-bond acceptors (Lipinski definition) is 8. The van der Waals surface area contributed by atoms with E-state index in [-0.39, 0.29) is 39.1 Å². The Morgan fingerprint density at radius 3 is 2.09 bits per heavy atom. The Kier molecular flexibility index (Phi) is 7.82. The molecule has 10 nitrogen and oxygen atoms in total. The number of carbonyl (C=O) groups excluding carboxylic acids is 3. The smallest absolute Gasteiger partial charge is 0.339 e. The summed E-state index contributed by atoms with van der Waals surface area (Å²) in [5.74, 6) is -1.87. The van der Waals surface area contributed by atoms with Crippen LogP contribution in [0, 0.1) is 0 Å². The second-order valence-corrected chi connectivity index (χ2v) is 8.52. The van der Waals surface area contributed by atoms with Gasteiger partial charge in [-0.1, -0.05) is 0 Å². The summed E-state index contributed by atoms with van der Waals surface area (Å²) in [4.78, 5) is 36.2. The third-order valence-electron chi connectivity index (χ3n) is 4.24. The number of nitrogens with one attached hydrogen (secondary N) is 2. The maximum Gasteiger partial charge on any atom is 0.339 e. The molecule has 11 heteroatoms. The van der Waals surface area contributed by atoms with Crippen LogP contribution in [0.1, 0.15) is 44.9 Å². The lowest BCUT2D eigenvalue weighted by atomic mass is 10.1. The van der Waals surface area contributed by atoms with Gasteiger partial charge < -0.3 is 19.5 Å². The van der Waals surface area contributed by atoms with Crippen LogP contribution in [0.4, 0.5) is 5.69 Å². The zero-order valence-electron chi connectivity index (χ0n) is 18.2. The Morgan fingerprint density at radius 2 is 1.53 bits per heavy atom. The van der Waals surface area contributed by atoms with Gasteiger partial charge in [0.05, 0.1) is 48.6 Å². The van der Waals surface area contributed by atoms with Gasteiger partial charge in [-0.15, -0.1) is 0 Å². The number of sulfonamides is 1. The molecule has 0 aliphatic carbocycles. The van der Waals surface area contributed by atoms with Crippen molar-refractivity contribution in [3.8, 4) is 5.75 Å². The Bertz CT molecular complexity index is 1140. The second kappa shape index (κ2) is 10.1. The molecule has 0 spiro atoms. The van der Waals surface area contributed by atoms with Crippen molar-refractivity contribution >= 4 is 33.6 Å². The molecule has 0 saturated carbocycles. The van der Waals surface area contributed by atoms with E-state index in [2.05, 4.69) is 19.5 Å². The summed E-state index contributed by atoms with van der Waals surface area (Å²) in [6, 6.07) is 7.26. The van der Waals surface area contributed by atoms with Crippen LogP contribution >= 0.6 is 0 Å². The van der Waals surface area contributed by atoms with Crippen molar-refractivity contribution in [1.82, 2.24) is 5.32 Å². The van der Waals surface area contributed by atoms with Crippen LogP contribution in [0.3, 0.4) is 0 Å². The quantitative estimate of drug-likeness (QED) is 0.567. The molecule has 0 bridgehead atoms. The van der Waals surface area contributed by atoms with Gasteiger partial charge in [-0.05, 0) is 50.2 Å². The number of rotatable bonds is 8. The molecule has 0 radical (unpaired) electrons. The minimum absolute atomic E-state index is 0.0144. The van der Waals surface area contributed by atoms with E-state index >= 15 is 0 Å². The van der Waals surface area contributed by atoms with Crippen LogP contribution < -0.4 is 14.8 Å². The van der Waals surface area contributed by atoms with Gasteiger partial charge in [0.25, 0.3) is 15.9 Å². The number of methoxy groups -OCH3 is 3. The molecular weight excluding hydrogens is 440 g/mol. The van der Waals surface area contributed by atoms with Crippen molar-refractivity contribution in [2.45, 2.75) is 24.8 Å². The van der Waals surface area contributed by atoms with Crippen LogP contribution in [0.25, 0.3) is 0 Å². The van der Waals surface area contributed by atoms with Crippen LogP contribution in [0.15, 0.2) is 41.3 Å². The van der Waals surface area contributed by atoms with E-state index in [1.807, 2.05) is 0 Å². The van der Waals surface area contributed by atoms with Gasteiger partial charge in [0.1, 0.15) is 5.75 Å². The van der Waals surface area contributed by atoms with Gasteiger partial charge in [0.15, 0.2) is 0 Å². The molecule has 0 saturated heterocycles. The summed E-state index contributed by atoms with van der Waals surface area (Å²) in [5.41, 5.74) is -0.274. The first-order chi connectivity index (χ1) is 15.0. The minimum Gasteiger partial charge on any atom is -0.496 e. The Morgan fingerprint density at radius 1 is 0.875 bits per heavy atom. The summed E-state index contributed by atoms with van der Waals surface area (Å²) in [6.45, 7) is 3.52. The Labute approximate surface area is 185 Å². The average molecular weight is 464 g/mol. The molecule has 0 aromatic heterocycles. The molecule has 2 aromatic rings. The minimum atomic E-state index is -4.28. The fraction of sp³-hybridized carbons (Fsp3) is 0.286. The predicted octanol–water partition coefficient (Wildman–Crippen LogP) is 2.21. The van der Waals surface area contributed by atoms with Crippen molar-refractivity contribution in [1.29, 1.82) is 0 Å². The van der Waals surface area contributed by atoms with Crippen LogP contribution in [-0.2, 0) is 19.5 Å². The van der Waals surface area contributed by atoms with Gasteiger partial charge in [0.2, 0.25) is 0 Å². The fourth-order valence-electron chi connectivity index (χ4n) is 2.74. The molecule has 2 N–H and O–H groups in total. The molecule has 32 heavy (non-hydrogen) atoms. The highest BCUT2D eigenvalue weighted by molar-refractivity contribution is 7.92. The average Bonchev–Trinajstić information content (AvgIpc) is 2.76. The van der Waals surface area contributed by atoms with E-state index in [0.717, 1.165) is 19.2 Å². The number of ether oxygens (including phenoxy) is 3. The van der Waals surface area contributed by atoms with Crippen molar-refractivity contribution in [3.63, 3.8) is 0 Å². The zero-order valence-corrected chi connectivity index (χ0v) is 19.0. The maximum absolute atomic E-state index is 13.1. The molecule has 0 unspecified atom stereocenters. The van der Waals surface area contributed by atoms with Crippen LogP contribution in [0.2, 0.25) is 0 Å². The number of anilines is 1. The number of benzene rings is 2. The first-order valence-corrected chi connectivity index (χ1v) is 10.8. The predicted molar refractivity (Wildman–Crippen MR) is 116 cm³/mol. The zero-order chi connectivity index (χ0) is 24.1. The largest absolute Gasteiger partial charge is 0.496 e. The lowest BCUT2D eigenvalue weighted by Gasteiger charge is -2.15. The summed E-state index contributed by atoms with van der Waals surface area (Å²) in [7, 11) is -0.621. The van der Waals surface area contributed by atoms with Crippen molar-refractivity contribution in [2.75, 3.05) is 26.1 Å². The molecule has 0 fully saturated rings. The molecule has 0 aliphatic rings. The van der Waals surface area contributed by atoms with Crippen molar-refractivity contribution in [2.24, 2.45) is 0 Å². The van der Waals surface area contributed by atoms with E-state index in [1.54, 1.807) is 13.8 Å². The number of carbonyl (C=O) groups is 3. The lowest BCUT2D eigenvalue weighted by molar-refractivity contribution is 0.0587. The molecule has 0 heterocycles. The summed E-state index contributed by atoms with van der Waals surface area (Å²) in [6.07, 6.45) is 0. The van der Waals surface area contributed by atoms with E-state index in [1.165, 1.54) is 38.5 Å². The summed E-state index contributed by atoms with van der Waals surface area (Å²) >= 11 is 0. The SMILES string of the molecule is COC(=O)c1ccc(C(=O)OC)c(NS(=O)(=O)c2ccc(OC)c(C(=O)NC(C)C)c2)c1. The van der Waals surface area contributed by atoms with Gasteiger partial charge in [0, 0.05) is 6.04 Å². The lowest BCUT2D eigenvalue weighted by Crippen LogP contribution is -2.30. The van der Waals surface area contributed by atoms with Gasteiger partial charge in [-0.3, -0.25) is 9.52 Å². The van der Waals surface area contributed by atoms with Gasteiger partial charge in [-0.2, -0.15) is 0 Å². The number of esters is 2. The standard InChI is InChI=1S/C21H24N2O8S/c1-12(2)22-19(24)16-11-14(7-9-18(16)29-3)32(27,28)23-17-10-13(20(25)30-4)6-8-15(17)21(26)31-5/h6-12,23H,1-5H3,(H,22,24). The third-order valence-corrected chi connectivity index (χ3v) is 5.60. The maximum atomic E-state index is 13.1. The van der Waals surface area contributed by atoms with E-state index < -0.39 is 27.9 Å². The summed E-state index contributed by atoms with van der Waals surface area (Å²) in [5, 5.41) is 2.67. The number of amides is 1. The molecule has 0 aliphatic heterocycles. The number of hydrogen-bond donors (Lipinski definition) is 2. The fourth-order valence-corrected chi connectivity index (χ4v) is 3.83. The van der Waals surface area contributed by atoms with E-state index in [0.29, 0.717) is 0 Å². The van der Waals surface area contributed by atoms with E-state index in [9.17, 15) is 22.8 Å². The van der Waals surface area contributed by atoms with Crippen LogP contribution in [-0.4, -0.2) is 53.6 Å². The van der Waals surface area contributed by atoms with Crippen LogP contribution in [0.5, 0.6) is 5.75 Å². The highest BCUT2D eigenvalue weighted by Crippen LogP contribution is 2.26. The second-order valence-electron chi connectivity index (χ2n) is 6.84. The molecule has 2 rings (SSSR count). The summed E-state index contributed by atoms with van der Waals surface area (Å²) < 4.78 is 42.9. The van der Waals surface area contributed by atoms with Gasteiger partial charge in [-0.25, -0.2) is 18.0 Å². The third kappa shape index (κ3) is 5.55. The first kappa shape index (κ1) is 24.7. The Hall–Kier alpha value is -3.60.